The number of piperidine rings is 2. The highest BCUT2D eigenvalue weighted by atomic mass is 19.4. The molecular weight excluding hydrogens is 476 g/mol. The van der Waals surface area contributed by atoms with Gasteiger partial charge in [-0.1, -0.05) is 0 Å². The second-order valence-corrected chi connectivity index (χ2v) is 8.88. The van der Waals surface area contributed by atoms with Gasteiger partial charge in [-0.05, 0) is 24.6 Å². The van der Waals surface area contributed by atoms with E-state index in [1.54, 1.807) is 11.0 Å². The molecule has 2 N–H and O–H groups in total. The van der Waals surface area contributed by atoms with E-state index in [0.717, 1.165) is 4.90 Å². The Morgan fingerprint density at radius 2 is 1.74 bits per heavy atom. The number of imide groups is 2. The smallest absolute Gasteiger partial charge is 0.371 e. The van der Waals surface area contributed by atoms with E-state index in [-0.39, 0.29) is 49.9 Å². The van der Waals surface area contributed by atoms with Gasteiger partial charge in [-0.15, -0.1) is 0 Å². The van der Waals surface area contributed by atoms with E-state index in [0.29, 0.717) is 5.69 Å². The summed E-state index contributed by atoms with van der Waals surface area (Å²) in [6.45, 7) is -0.194. The summed E-state index contributed by atoms with van der Waals surface area (Å²) in [4.78, 5) is 63.3. The molecule has 5 amide bonds. The van der Waals surface area contributed by atoms with Crippen molar-refractivity contribution in [3.63, 3.8) is 0 Å². The molecule has 0 saturated carbocycles. The lowest BCUT2D eigenvalue weighted by Gasteiger charge is -2.37. The number of amides is 5. The van der Waals surface area contributed by atoms with Crippen LogP contribution in [0.1, 0.15) is 52.8 Å². The molecule has 0 aromatic heterocycles. The van der Waals surface area contributed by atoms with Gasteiger partial charge in [0.05, 0.1) is 17.7 Å². The molecule has 9 nitrogen and oxygen atoms in total. The number of anilines is 1. The van der Waals surface area contributed by atoms with Gasteiger partial charge in [-0.3, -0.25) is 34.2 Å². The predicted molar refractivity (Wildman–Crippen MR) is 112 cm³/mol. The van der Waals surface area contributed by atoms with Crippen molar-refractivity contribution in [1.82, 2.24) is 15.5 Å². The molecule has 0 radical (unpaired) electrons. The monoisotopic (exact) mass is 498 g/mol. The SMILES string of the molecule is O=C(CC(F)(F)F)NCC1(F)CCN(c2ccc3c(c2)C(=O)N(C2CCC(=O)NC2=O)C3=O)CC1. The second-order valence-electron chi connectivity index (χ2n) is 8.88. The first-order valence-electron chi connectivity index (χ1n) is 11.0. The number of carbonyl (C=O) groups excluding carboxylic acids is 5. The highest BCUT2D eigenvalue weighted by Crippen LogP contribution is 2.34. The van der Waals surface area contributed by atoms with E-state index < -0.39 is 60.4 Å². The van der Waals surface area contributed by atoms with Crippen LogP contribution in [0, 0.1) is 0 Å². The molecule has 1 unspecified atom stereocenters. The van der Waals surface area contributed by atoms with E-state index >= 15 is 4.39 Å². The number of fused-ring (bicyclic) bond motifs is 1. The number of alkyl halides is 4. The molecule has 3 aliphatic heterocycles. The molecule has 35 heavy (non-hydrogen) atoms. The fourth-order valence-corrected chi connectivity index (χ4v) is 4.50. The maximum absolute atomic E-state index is 15.0. The van der Waals surface area contributed by atoms with Gasteiger partial charge in [0.25, 0.3) is 11.8 Å². The van der Waals surface area contributed by atoms with Crippen LogP contribution in [-0.4, -0.2) is 72.0 Å². The Hall–Kier alpha value is -3.51. The molecule has 3 heterocycles. The van der Waals surface area contributed by atoms with Gasteiger partial charge in [-0.25, -0.2) is 4.39 Å². The van der Waals surface area contributed by atoms with Crippen molar-refractivity contribution in [2.24, 2.45) is 0 Å². The molecule has 1 aromatic carbocycles. The number of hydrogen-bond donors (Lipinski definition) is 2. The van der Waals surface area contributed by atoms with Crippen molar-refractivity contribution in [1.29, 1.82) is 0 Å². The summed E-state index contributed by atoms with van der Waals surface area (Å²) >= 11 is 0. The summed E-state index contributed by atoms with van der Waals surface area (Å²) in [5.41, 5.74) is -1.12. The number of halogens is 4. The van der Waals surface area contributed by atoms with Crippen LogP contribution in [0.15, 0.2) is 18.2 Å². The van der Waals surface area contributed by atoms with Gasteiger partial charge < -0.3 is 10.2 Å². The fraction of sp³-hybridized carbons (Fsp3) is 0.500. The molecule has 0 bridgehead atoms. The minimum absolute atomic E-state index is 0.00444. The van der Waals surface area contributed by atoms with Gasteiger partial charge in [0.15, 0.2) is 0 Å². The van der Waals surface area contributed by atoms with Crippen molar-refractivity contribution in [3.05, 3.63) is 29.3 Å². The summed E-state index contributed by atoms with van der Waals surface area (Å²) in [6.07, 6.45) is -6.43. The summed E-state index contributed by atoms with van der Waals surface area (Å²) in [5.74, 6) is -3.78. The lowest BCUT2D eigenvalue weighted by Crippen LogP contribution is -2.54. The van der Waals surface area contributed by atoms with Crippen LogP contribution in [0.4, 0.5) is 23.2 Å². The zero-order chi connectivity index (χ0) is 25.5. The Bertz CT molecular complexity index is 1100. The minimum Gasteiger partial charge on any atom is -0.371 e. The molecular formula is C22H22F4N4O5. The Morgan fingerprint density at radius 3 is 2.37 bits per heavy atom. The van der Waals surface area contributed by atoms with Gasteiger partial charge in [0, 0.05) is 38.0 Å². The fourth-order valence-electron chi connectivity index (χ4n) is 4.50. The van der Waals surface area contributed by atoms with E-state index in [4.69, 9.17) is 0 Å². The quantitative estimate of drug-likeness (QED) is 0.469. The third kappa shape index (κ3) is 5.13. The average molecular weight is 498 g/mol. The van der Waals surface area contributed by atoms with Gasteiger partial charge >= 0.3 is 6.18 Å². The molecule has 0 aliphatic carbocycles. The van der Waals surface area contributed by atoms with Gasteiger partial charge in [0.2, 0.25) is 17.7 Å². The lowest BCUT2D eigenvalue weighted by molar-refractivity contribution is -0.154. The Morgan fingerprint density at radius 1 is 1.09 bits per heavy atom. The summed E-state index contributed by atoms with van der Waals surface area (Å²) in [7, 11) is 0. The third-order valence-corrected chi connectivity index (χ3v) is 6.41. The molecule has 2 fully saturated rings. The third-order valence-electron chi connectivity index (χ3n) is 6.41. The number of nitrogens with zero attached hydrogens (tertiary/aromatic N) is 2. The second kappa shape index (κ2) is 8.93. The molecule has 4 rings (SSSR count). The normalized spacial score (nSPS) is 22.2. The van der Waals surface area contributed by atoms with Crippen LogP contribution >= 0.6 is 0 Å². The molecule has 188 valence electrons. The molecule has 1 aromatic rings. The summed E-state index contributed by atoms with van der Waals surface area (Å²) in [5, 5.41) is 4.12. The molecule has 2 saturated heterocycles. The summed E-state index contributed by atoms with van der Waals surface area (Å²) < 4.78 is 51.8. The van der Waals surface area contributed by atoms with Gasteiger partial charge in [0.1, 0.15) is 18.1 Å². The Kier molecular flexibility index (Phi) is 6.28. The van der Waals surface area contributed by atoms with Crippen molar-refractivity contribution >= 4 is 35.2 Å². The largest absolute Gasteiger partial charge is 0.397 e. The Labute approximate surface area is 196 Å². The van der Waals surface area contributed by atoms with Crippen molar-refractivity contribution < 1.29 is 41.5 Å². The average Bonchev–Trinajstić information content (AvgIpc) is 3.02. The maximum atomic E-state index is 15.0. The van der Waals surface area contributed by atoms with Crippen molar-refractivity contribution in [2.45, 2.75) is 50.0 Å². The first-order valence-corrected chi connectivity index (χ1v) is 11.0. The number of rotatable bonds is 5. The number of benzene rings is 1. The van der Waals surface area contributed by atoms with Crippen LogP contribution in [-0.2, 0) is 14.4 Å². The van der Waals surface area contributed by atoms with E-state index in [9.17, 15) is 37.1 Å². The first kappa shape index (κ1) is 24.6. The highest BCUT2D eigenvalue weighted by molar-refractivity contribution is 6.23. The van der Waals surface area contributed by atoms with Crippen LogP contribution in [0.2, 0.25) is 0 Å². The van der Waals surface area contributed by atoms with Crippen molar-refractivity contribution in [3.8, 4) is 0 Å². The standard InChI is InChI=1S/C22H22F4N4O5/c23-21(11-27-17(32)10-22(24,25)26)5-7-29(8-6-21)12-1-2-13-14(9-12)20(35)30(19(13)34)15-3-4-16(31)28-18(15)33/h1-2,9,15H,3-8,10-11H2,(H,27,32)(H,28,31,33). The first-order chi connectivity index (χ1) is 16.4. The molecule has 1 atom stereocenters. The summed E-state index contributed by atoms with van der Waals surface area (Å²) in [6, 6.07) is 3.44. The molecule has 0 spiro atoms. The van der Waals surface area contributed by atoms with Gasteiger partial charge in [-0.2, -0.15) is 13.2 Å². The number of carbonyl (C=O) groups is 5. The van der Waals surface area contributed by atoms with E-state index in [1.165, 1.54) is 12.1 Å². The lowest BCUT2D eigenvalue weighted by atomic mass is 9.92. The van der Waals surface area contributed by atoms with Crippen molar-refractivity contribution in [2.75, 3.05) is 24.5 Å². The zero-order valence-corrected chi connectivity index (χ0v) is 18.4. The van der Waals surface area contributed by atoms with Crippen LogP contribution in [0.5, 0.6) is 0 Å². The maximum Gasteiger partial charge on any atom is 0.397 e. The Balaban J connectivity index is 1.40. The number of hydrogen-bond acceptors (Lipinski definition) is 6. The van der Waals surface area contributed by atoms with E-state index in [1.807, 2.05) is 5.32 Å². The highest BCUT2D eigenvalue weighted by Gasteiger charge is 2.45. The molecule has 13 heteroatoms. The zero-order valence-electron chi connectivity index (χ0n) is 18.4. The van der Waals surface area contributed by atoms with Crippen LogP contribution in [0.3, 0.4) is 0 Å². The molecule has 3 aliphatic rings. The van der Waals surface area contributed by atoms with Crippen LogP contribution < -0.4 is 15.5 Å². The predicted octanol–water partition coefficient (Wildman–Crippen LogP) is 1.46. The topological polar surface area (TPSA) is 116 Å². The van der Waals surface area contributed by atoms with E-state index in [2.05, 4.69) is 5.32 Å². The van der Waals surface area contributed by atoms with Crippen LogP contribution in [0.25, 0.3) is 0 Å². The minimum atomic E-state index is -4.67. The number of nitrogens with one attached hydrogen (secondary N) is 2.